The maximum atomic E-state index is 14.0. The van der Waals surface area contributed by atoms with Crippen molar-refractivity contribution < 1.29 is 13.2 Å². The summed E-state index contributed by atoms with van der Waals surface area (Å²) < 4.78 is 24.7. The lowest BCUT2D eigenvalue weighted by atomic mass is 9.69. The number of carbonyl (C=O) groups excluding carboxylic acids is 1. The third-order valence-corrected chi connectivity index (χ3v) is 8.16. The number of hydrogen-bond donors (Lipinski definition) is 0. The quantitative estimate of drug-likeness (QED) is 0.453. The molecule has 3 atom stereocenters. The first-order chi connectivity index (χ1) is 15.0. The second-order valence-electron chi connectivity index (χ2n) is 9.18. The van der Waals surface area contributed by atoms with Crippen LogP contribution in [0.25, 0.3) is 0 Å². The van der Waals surface area contributed by atoms with Crippen molar-refractivity contribution in [3.8, 4) is 0 Å². The Hall–Kier alpha value is -1.56. The first-order valence-corrected chi connectivity index (χ1v) is 13.8. The van der Waals surface area contributed by atoms with Gasteiger partial charge in [-0.2, -0.15) is 0 Å². The van der Waals surface area contributed by atoms with Gasteiger partial charge in [0, 0.05) is 28.3 Å². The zero-order valence-corrected chi connectivity index (χ0v) is 21.3. The molecule has 0 aliphatic carbocycles. The summed E-state index contributed by atoms with van der Waals surface area (Å²) in [5.41, 5.74) is 0.966. The third kappa shape index (κ3) is 5.32. The van der Waals surface area contributed by atoms with Crippen LogP contribution in [0.4, 0.5) is 0 Å². The van der Waals surface area contributed by atoms with E-state index in [2.05, 4.69) is 13.8 Å². The van der Waals surface area contributed by atoms with E-state index in [0.29, 0.717) is 16.5 Å². The number of hydrogen-bond acceptors (Lipinski definition) is 3. The number of halogens is 2. The van der Waals surface area contributed by atoms with Crippen LogP contribution in [0.15, 0.2) is 48.5 Å². The fraction of sp³-hybridized carbons (Fsp3) is 0.480. The predicted octanol–water partition coefficient (Wildman–Crippen LogP) is 6.29. The number of rotatable bonds is 7. The molecular weight excluding hydrogens is 465 g/mol. The molecule has 32 heavy (non-hydrogen) atoms. The molecule has 1 aliphatic rings. The molecule has 0 saturated carbocycles. The molecule has 2 aromatic rings. The molecule has 2 aromatic carbocycles. The SMILES string of the molecule is CCC(CC)N1C(=O)[C@](C)(CS(C)(=O)=O)C[C@H](c2cccc(Cl)c2)[C@H]1c1ccc(Cl)cc1. The zero-order valence-electron chi connectivity index (χ0n) is 19.0. The van der Waals surface area contributed by atoms with Gasteiger partial charge in [0.05, 0.1) is 17.2 Å². The number of amides is 1. The molecule has 3 rings (SSSR count). The molecule has 0 radical (unpaired) electrons. The minimum absolute atomic E-state index is 0.0101. The Morgan fingerprint density at radius 3 is 2.19 bits per heavy atom. The van der Waals surface area contributed by atoms with Crippen LogP contribution in [0, 0.1) is 5.41 Å². The Bertz CT molecular complexity index is 1070. The van der Waals surface area contributed by atoms with Gasteiger partial charge in [0.1, 0.15) is 9.84 Å². The molecule has 4 nitrogen and oxygen atoms in total. The number of sulfone groups is 1. The van der Waals surface area contributed by atoms with Gasteiger partial charge >= 0.3 is 0 Å². The molecule has 1 amide bonds. The summed E-state index contributed by atoms with van der Waals surface area (Å²) in [6.45, 7) is 5.93. The maximum Gasteiger partial charge on any atom is 0.230 e. The van der Waals surface area contributed by atoms with Crippen molar-refractivity contribution in [2.24, 2.45) is 5.41 Å². The van der Waals surface area contributed by atoms with E-state index in [4.69, 9.17) is 23.2 Å². The predicted molar refractivity (Wildman–Crippen MR) is 132 cm³/mol. The maximum absolute atomic E-state index is 14.0. The Balaban J connectivity index is 2.24. The molecule has 1 aliphatic heterocycles. The summed E-state index contributed by atoms with van der Waals surface area (Å²) in [6.07, 6.45) is 3.18. The highest BCUT2D eigenvalue weighted by atomic mass is 35.5. The lowest BCUT2D eigenvalue weighted by Gasteiger charge is -2.52. The number of likely N-dealkylation sites (tertiary alicyclic amines) is 1. The third-order valence-electron chi connectivity index (χ3n) is 6.51. The van der Waals surface area contributed by atoms with E-state index in [1.165, 1.54) is 6.26 Å². The van der Waals surface area contributed by atoms with Crippen LogP contribution in [-0.2, 0) is 14.6 Å². The monoisotopic (exact) mass is 495 g/mol. The van der Waals surface area contributed by atoms with Crippen molar-refractivity contribution in [1.29, 1.82) is 0 Å². The van der Waals surface area contributed by atoms with E-state index in [0.717, 1.165) is 24.0 Å². The first-order valence-electron chi connectivity index (χ1n) is 11.0. The van der Waals surface area contributed by atoms with Crippen LogP contribution in [-0.4, -0.2) is 37.3 Å². The Morgan fingerprint density at radius 1 is 1.03 bits per heavy atom. The minimum Gasteiger partial charge on any atom is -0.332 e. The zero-order chi connectivity index (χ0) is 23.7. The molecule has 0 aromatic heterocycles. The highest BCUT2D eigenvalue weighted by molar-refractivity contribution is 7.90. The van der Waals surface area contributed by atoms with Crippen LogP contribution >= 0.6 is 23.2 Å². The minimum atomic E-state index is -3.37. The lowest BCUT2D eigenvalue weighted by Crippen LogP contribution is -2.57. The largest absolute Gasteiger partial charge is 0.332 e. The van der Waals surface area contributed by atoms with Gasteiger partial charge in [0.2, 0.25) is 5.91 Å². The van der Waals surface area contributed by atoms with Crippen LogP contribution in [0.5, 0.6) is 0 Å². The second kappa shape index (κ2) is 9.74. The molecule has 1 heterocycles. The summed E-state index contributed by atoms with van der Waals surface area (Å²) in [6, 6.07) is 15.0. The number of carbonyl (C=O) groups is 1. The van der Waals surface area contributed by atoms with E-state index in [1.807, 2.05) is 53.4 Å². The van der Waals surface area contributed by atoms with Gasteiger partial charge in [0.25, 0.3) is 0 Å². The normalized spacial score (nSPS) is 24.2. The first kappa shape index (κ1) is 25.1. The van der Waals surface area contributed by atoms with E-state index in [-0.39, 0.29) is 29.7 Å². The van der Waals surface area contributed by atoms with Crippen molar-refractivity contribution in [1.82, 2.24) is 4.90 Å². The van der Waals surface area contributed by atoms with Crippen molar-refractivity contribution in [3.63, 3.8) is 0 Å². The van der Waals surface area contributed by atoms with Gasteiger partial charge in [-0.25, -0.2) is 8.42 Å². The van der Waals surface area contributed by atoms with Gasteiger partial charge in [-0.15, -0.1) is 0 Å². The number of nitrogens with zero attached hydrogens (tertiary/aromatic N) is 1. The van der Waals surface area contributed by atoms with Crippen molar-refractivity contribution >= 4 is 38.9 Å². The smallest absolute Gasteiger partial charge is 0.230 e. The van der Waals surface area contributed by atoms with Crippen LogP contribution in [0.2, 0.25) is 10.0 Å². The van der Waals surface area contributed by atoms with Gasteiger partial charge in [0.15, 0.2) is 0 Å². The van der Waals surface area contributed by atoms with Gasteiger partial charge in [-0.05, 0) is 61.6 Å². The highest BCUT2D eigenvalue weighted by Gasteiger charge is 2.52. The molecule has 1 fully saturated rings. The summed E-state index contributed by atoms with van der Waals surface area (Å²) in [5, 5.41) is 1.25. The lowest BCUT2D eigenvalue weighted by molar-refractivity contribution is -0.153. The van der Waals surface area contributed by atoms with Crippen LogP contribution in [0.1, 0.15) is 63.1 Å². The van der Waals surface area contributed by atoms with Crippen molar-refractivity contribution in [2.45, 2.75) is 58.0 Å². The standard InChI is InChI=1S/C25H31Cl2NO3S/c1-5-21(6-2)28-23(17-10-12-19(26)13-11-17)22(18-8-7-9-20(27)14-18)15-25(3,24(28)29)16-32(4,30)31/h7-14,21-23H,5-6,15-16H2,1-4H3/t22-,23-,25+/m1/s1. The average molecular weight is 497 g/mol. The van der Waals surface area contributed by atoms with Crippen molar-refractivity contribution in [2.75, 3.05) is 12.0 Å². The van der Waals surface area contributed by atoms with E-state index >= 15 is 0 Å². The molecule has 0 bridgehead atoms. The molecule has 7 heteroatoms. The molecule has 0 unspecified atom stereocenters. The Labute approximate surface area is 201 Å². The molecular formula is C25H31Cl2NO3S. The Kier molecular flexibility index (Phi) is 7.63. The summed E-state index contributed by atoms with van der Waals surface area (Å²) in [4.78, 5) is 15.9. The number of piperidine rings is 1. The summed E-state index contributed by atoms with van der Waals surface area (Å²) in [5.74, 6) is -0.394. The molecule has 0 spiro atoms. The van der Waals surface area contributed by atoms with Crippen molar-refractivity contribution in [3.05, 3.63) is 69.7 Å². The summed E-state index contributed by atoms with van der Waals surface area (Å²) in [7, 11) is -3.37. The fourth-order valence-electron chi connectivity index (χ4n) is 5.18. The molecule has 174 valence electrons. The van der Waals surface area contributed by atoms with E-state index in [9.17, 15) is 13.2 Å². The topological polar surface area (TPSA) is 54.5 Å². The summed E-state index contributed by atoms with van der Waals surface area (Å²) >= 11 is 12.5. The fourth-order valence-corrected chi connectivity index (χ4v) is 6.90. The average Bonchev–Trinajstić information content (AvgIpc) is 2.71. The van der Waals surface area contributed by atoms with Gasteiger partial charge < -0.3 is 4.90 Å². The molecule has 0 N–H and O–H groups in total. The van der Waals surface area contributed by atoms with E-state index in [1.54, 1.807) is 6.92 Å². The Morgan fingerprint density at radius 2 is 1.66 bits per heavy atom. The van der Waals surface area contributed by atoms with E-state index < -0.39 is 15.3 Å². The molecule has 1 saturated heterocycles. The van der Waals surface area contributed by atoms with Gasteiger partial charge in [-0.3, -0.25) is 4.79 Å². The number of benzene rings is 2. The van der Waals surface area contributed by atoms with Gasteiger partial charge in [-0.1, -0.05) is 61.3 Å². The second-order valence-corrected chi connectivity index (χ2v) is 12.2. The highest BCUT2D eigenvalue weighted by Crippen LogP contribution is 2.51. The van der Waals surface area contributed by atoms with Crippen LogP contribution < -0.4 is 0 Å². The van der Waals surface area contributed by atoms with Crippen LogP contribution in [0.3, 0.4) is 0 Å².